The van der Waals surface area contributed by atoms with E-state index in [0.717, 1.165) is 5.92 Å². The van der Waals surface area contributed by atoms with E-state index in [2.05, 4.69) is 51.1 Å². The van der Waals surface area contributed by atoms with E-state index >= 15 is 0 Å². The standard InChI is InChI=1S/C27H47/c1-4-7-8-9-10-11-12-13-14-15-16-20-23-27(26(5-2)6-3)24-25-21-18-17-19-22-25/h17-19,21-22,27H,4-16,20,23-24H2,1-3H3. The number of hydrogen-bond donors (Lipinski definition) is 0. The molecule has 0 heteroatoms. The highest BCUT2D eigenvalue weighted by atomic mass is 14.2. The molecule has 0 bridgehead atoms. The number of unbranched alkanes of at least 4 members (excludes halogenated alkanes) is 11. The first kappa shape index (κ1) is 24.3. The lowest BCUT2D eigenvalue weighted by Gasteiger charge is -2.25. The fourth-order valence-electron chi connectivity index (χ4n) is 4.41. The van der Waals surface area contributed by atoms with Crippen LogP contribution in [-0.2, 0) is 6.42 Å². The molecule has 0 aliphatic carbocycles. The Balaban J connectivity index is 2.11. The summed E-state index contributed by atoms with van der Waals surface area (Å²) >= 11 is 0. The summed E-state index contributed by atoms with van der Waals surface area (Å²) in [7, 11) is 0. The first-order chi connectivity index (χ1) is 13.3. The van der Waals surface area contributed by atoms with Crippen LogP contribution in [0.4, 0.5) is 0 Å². The normalized spacial score (nSPS) is 12.6. The minimum absolute atomic E-state index is 0.797. The molecule has 1 atom stereocenters. The van der Waals surface area contributed by atoms with Gasteiger partial charge in [0.15, 0.2) is 0 Å². The maximum Gasteiger partial charge on any atom is -0.0212 e. The molecule has 0 amide bonds. The number of hydrogen-bond acceptors (Lipinski definition) is 0. The molecular weight excluding hydrogens is 324 g/mol. The van der Waals surface area contributed by atoms with Gasteiger partial charge in [-0.15, -0.1) is 0 Å². The van der Waals surface area contributed by atoms with Crippen molar-refractivity contribution < 1.29 is 0 Å². The number of benzene rings is 1. The van der Waals surface area contributed by atoms with E-state index in [1.165, 1.54) is 108 Å². The molecule has 0 fully saturated rings. The lowest BCUT2D eigenvalue weighted by molar-refractivity contribution is 0.430. The van der Waals surface area contributed by atoms with Gasteiger partial charge in [0, 0.05) is 0 Å². The van der Waals surface area contributed by atoms with Crippen molar-refractivity contribution in [2.45, 2.75) is 124 Å². The molecule has 0 aliphatic rings. The molecule has 27 heavy (non-hydrogen) atoms. The van der Waals surface area contributed by atoms with Crippen molar-refractivity contribution >= 4 is 0 Å². The van der Waals surface area contributed by atoms with Gasteiger partial charge in [-0.25, -0.2) is 0 Å². The van der Waals surface area contributed by atoms with E-state index in [1.807, 2.05) is 0 Å². The van der Waals surface area contributed by atoms with E-state index in [-0.39, 0.29) is 0 Å². The topological polar surface area (TPSA) is 0 Å². The second-order valence-electron chi connectivity index (χ2n) is 8.43. The van der Waals surface area contributed by atoms with Crippen LogP contribution in [0.15, 0.2) is 30.3 Å². The van der Waals surface area contributed by atoms with Crippen LogP contribution in [0.3, 0.4) is 0 Å². The minimum Gasteiger partial charge on any atom is -0.0654 e. The molecular formula is C27H47. The molecule has 0 saturated heterocycles. The molecule has 0 heterocycles. The highest BCUT2D eigenvalue weighted by Gasteiger charge is 2.19. The molecule has 0 N–H and O–H groups in total. The fraction of sp³-hybridized carbons (Fsp3) is 0.741. The highest BCUT2D eigenvalue weighted by Crippen LogP contribution is 2.30. The predicted molar refractivity (Wildman–Crippen MR) is 123 cm³/mol. The Hall–Kier alpha value is -0.780. The van der Waals surface area contributed by atoms with Crippen LogP contribution in [0.25, 0.3) is 0 Å². The van der Waals surface area contributed by atoms with Crippen LogP contribution in [0, 0.1) is 11.8 Å². The van der Waals surface area contributed by atoms with Gasteiger partial charge >= 0.3 is 0 Å². The van der Waals surface area contributed by atoms with Crippen LogP contribution in [0.1, 0.15) is 123 Å². The van der Waals surface area contributed by atoms with Crippen molar-refractivity contribution in [2.24, 2.45) is 5.92 Å². The summed E-state index contributed by atoms with van der Waals surface area (Å²) in [5.41, 5.74) is 1.51. The lowest BCUT2D eigenvalue weighted by atomic mass is 9.80. The summed E-state index contributed by atoms with van der Waals surface area (Å²) in [5, 5.41) is 0. The van der Waals surface area contributed by atoms with Gasteiger partial charge in [0.1, 0.15) is 0 Å². The molecule has 1 unspecified atom stereocenters. The van der Waals surface area contributed by atoms with E-state index in [1.54, 1.807) is 5.92 Å². The minimum atomic E-state index is 0.797. The maximum absolute atomic E-state index is 2.35. The summed E-state index contributed by atoms with van der Waals surface area (Å²) in [5.74, 6) is 2.58. The summed E-state index contributed by atoms with van der Waals surface area (Å²) in [6, 6.07) is 11.1. The van der Waals surface area contributed by atoms with Crippen LogP contribution in [0.2, 0.25) is 0 Å². The molecule has 1 rings (SSSR count). The van der Waals surface area contributed by atoms with Gasteiger partial charge in [0.2, 0.25) is 0 Å². The first-order valence-corrected chi connectivity index (χ1v) is 12.2. The third-order valence-corrected chi connectivity index (χ3v) is 6.22. The van der Waals surface area contributed by atoms with Crippen molar-refractivity contribution in [3.8, 4) is 0 Å². The molecule has 0 saturated carbocycles. The van der Waals surface area contributed by atoms with Crippen LogP contribution in [-0.4, -0.2) is 0 Å². The molecule has 0 aliphatic heterocycles. The van der Waals surface area contributed by atoms with Gasteiger partial charge in [0.25, 0.3) is 0 Å². The lowest BCUT2D eigenvalue weighted by Crippen LogP contribution is -2.14. The summed E-state index contributed by atoms with van der Waals surface area (Å²) in [4.78, 5) is 0. The molecule has 0 spiro atoms. The third kappa shape index (κ3) is 12.3. The van der Waals surface area contributed by atoms with Gasteiger partial charge < -0.3 is 0 Å². The average Bonchev–Trinajstić information content (AvgIpc) is 2.70. The Kier molecular flexibility index (Phi) is 15.6. The Morgan fingerprint density at radius 1 is 0.630 bits per heavy atom. The van der Waals surface area contributed by atoms with Gasteiger partial charge in [-0.05, 0) is 43.1 Å². The third-order valence-electron chi connectivity index (χ3n) is 6.22. The average molecular weight is 372 g/mol. The van der Waals surface area contributed by atoms with Crippen LogP contribution >= 0.6 is 0 Å². The number of rotatable bonds is 18. The molecule has 155 valence electrons. The zero-order valence-corrected chi connectivity index (χ0v) is 18.8. The van der Waals surface area contributed by atoms with Crippen molar-refractivity contribution in [1.29, 1.82) is 0 Å². The zero-order valence-electron chi connectivity index (χ0n) is 18.8. The largest absolute Gasteiger partial charge is 0.0654 e. The van der Waals surface area contributed by atoms with Gasteiger partial charge in [-0.3, -0.25) is 0 Å². The van der Waals surface area contributed by atoms with E-state index in [9.17, 15) is 0 Å². The fourth-order valence-corrected chi connectivity index (χ4v) is 4.41. The van der Waals surface area contributed by atoms with Gasteiger partial charge in [-0.1, -0.05) is 128 Å². The predicted octanol–water partition coefficient (Wildman–Crippen LogP) is 9.33. The zero-order chi connectivity index (χ0) is 19.6. The second-order valence-corrected chi connectivity index (χ2v) is 8.43. The monoisotopic (exact) mass is 371 g/mol. The summed E-state index contributed by atoms with van der Waals surface area (Å²) in [6.45, 7) is 6.99. The van der Waals surface area contributed by atoms with Gasteiger partial charge in [0.05, 0.1) is 0 Å². The molecule has 1 aromatic carbocycles. The molecule has 1 aromatic rings. The van der Waals surface area contributed by atoms with Gasteiger partial charge in [-0.2, -0.15) is 0 Å². The first-order valence-electron chi connectivity index (χ1n) is 12.2. The Labute approximate surface area is 171 Å². The Bertz CT molecular complexity index is 403. The van der Waals surface area contributed by atoms with E-state index in [0.29, 0.717) is 0 Å². The molecule has 0 nitrogen and oxygen atoms in total. The van der Waals surface area contributed by atoms with E-state index < -0.39 is 0 Å². The molecule has 0 aromatic heterocycles. The maximum atomic E-state index is 2.35. The SMILES string of the molecule is CCCCCCCCCCCCCCC(Cc1ccccc1)[C](CC)CC. The molecule has 1 radical (unpaired) electrons. The van der Waals surface area contributed by atoms with Crippen molar-refractivity contribution in [1.82, 2.24) is 0 Å². The van der Waals surface area contributed by atoms with Crippen molar-refractivity contribution in [2.75, 3.05) is 0 Å². The summed E-state index contributed by atoms with van der Waals surface area (Å²) in [6.07, 6.45) is 22.5. The van der Waals surface area contributed by atoms with Crippen molar-refractivity contribution in [3.63, 3.8) is 0 Å². The Morgan fingerprint density at radius 3 is 1.59 bits per heavy atom. The smallest absolute Gasteiger partial charge is 0.0212 e. The Morgan fingerprint density at radius 2 is 1.11 bits per heavy atom. The summed E-state index contributed by atoms with van der Waals surface area (Å²) < 4.78 is 0. The van der Waals surface area contributed by atoms with Crippen molar-refractivity contribution in [3.05, 3.63) is 41.8 Å². The quantitative estimate of drug-likeness (QED) is 0.225. The second kappa shape index (κ2) is 17.3. The van der Waals surface area contributed by atoms with Crippen LogP contribution in [0.5, 0.6) is 0 Å². The highest BCUT2D eigenvalue weighted by molar-refractivity contribution is 5.17. The van der Waals surface area contributed by atoms with Crippen LogP contribution < -0.4 is 0 Å². The van der Waals surface area contributed by atoms with E-state index in [4.69, 9.17) is 0 Å².